The van der Waals surface area contributed by atoms with Crippen molar-refractivity contribution in [1.82, 2.24) is 4.90 Å². The second-order valence-electron chi connectivity index (χ2n) is 8.52. The molecule has 0 aromatic heterocycles. The molecule has 2 aliphatic rings. The highest BCUT2D eigenvalue weighted by Gasteiger charge is 2.42. The van der Waals surface area contributed by atoms with Crippen LogP contribution in [0.1, 0.15) is 6.42 Å². The van der Waals surface area contributed by atoms with Crippen LogP contribution < -0.4 is 15.5 Å². The number of ether oxygens (including phenoxy) is 2. The number of amides is 4. The molecular formula is C24H24ClF3N4O5. The summed E-state index contributed by atoms with van der Waals surface area (Å²) >= 11 is 5.86. The first-order chi connectivity index (χ1) is 17.6. The summed E-state index contributed by atoms with van der Waals surface area (Å²) in [5.41, 5.74) is 1.44. The second kappa shape index (κ2) is 11.4. The van der Waals surface area contributed by atoms with E-state index in [-0.39, 0.29) is 25.5 Å². The minimum Gasteiger partial charge on any atom is -0.370 e. The van der Waals surface area contributed by atoms with Gasteiger partial charge in [0.05, 0.1) is 12.7 Å². The molecule has 2 heterocycles. The minimum atomic E-state index is -4.54. The van der Waals surface area contributed by atoms with Crippen molar-refractivity contribution in [2.75, 3.05) is 48.4 Å². The molecule has 4 amide bonds. The van der Waals surface area contributed by atoms with E-state index < -0.39 is 36.9 Å². The molecule has 198 valence electrons. The number of benzene rings is 2. The Morgan fingerprint density at radius 1 is 1.05 bits per heavy atom. The number of nitrogens with one attached hydrogen (secondary N) is 2. The molecular weight excluding hydrogens is 517 g/mol. The number of urea groups is 1. The van der Waals surface area contributed by atoms with Crippen molar-refractivity contribution in [3.63, 3.8) is 0 Å². The largest absolute Gasteiger partial charge is 0.411 e. The van der Waals surface area contributed by atoms with Crippen molar-refractivity contribution in [1.29, 1.82) is 0 Å². The molecule has 0 aliphatic carbocycles. The molecule has 0 saturated carbocycles. The van der Waals surface area contributed by atoms with E-state index in [4.69, 9.17) is 21.1 Å². The average Bonchev–Trinajstić information content (AvgIpc) is 3.30. The summed E-state index contributed by atoms with van der Waals surface area (Å²) in [4.78, 5) is 40.8. The first-order valence-electron chi connectivity index (χ1n) is 11.4. The zero-order valence-corrected chi connectivity index (χ0v) is 20.2. The van der Waals surface area contributed by atoms with Crippen LogP contribution in [-0.2, 0) is 19.1 Å². The lowest BCUT2D eigenvalue weighted by molar-refractivity contribution is -0.183. The number of rotatable bonds is 6. The quantitative estimate of drug-likeness (QED) is 0.579. The third-order valence-electron chi connectivity index (χ3n) is 5.84. The monoisotopic (exact) mass is 540 g/mol. The van der Waals surface area contributed by atoms with Gasteiger partial charge in [-0.05, 0) is 48.5 Å². The number of anilines is 3. The zero-order valence-electron chi connectivity index (χ0n) is 19.5. The molecule has 2 saturated heterocycles. The first-order valence-corrected chi connectivity index (χ1v) is 11.8. The molecule has 13 heteroatoms. The molecule has 0 spiro atoms. The minimum absolute atomic E-state index is 0.00827. The Hall–Kier alpha value is -3.35. The number of nitrogens with zero attached hydrogens (tertiary/aromatic N) is 2. The van der Waals surface area contributed by atoms with Crippen molar-refractivity contribution in [3.8, 4) is 0 Å². The van der Waals surface area contributed by atoms with E-state index in [1.165, 1.54) is 0 Å². The Morgan fingerprint density at radius 3 is 2.35 bits per heavy atom. The normalized spacial score (nSPS) is 20.2. The molecule has 2 aliphatic heterocycles. The predicted octanol–water partition coefficient (Wildman–Crippen LogP) is 3.90. The van der Waals surface area contributed by atoms with Crippen molar-refractivity contribution in [3.05, 3.63) is 53.6 Å². The van der Waals surface area contributed by atoms with Crippen LogP contribution in [0.5, 0.6) is 0 Å². The van der Waals surface area contributed by atoms with Gasteiger partial charge in [0.15, 0.2) is 0 Å². The molecule has 2 N–H and O–H groups in total. The van der Waals surface area contributed by atoms with Gasteiger partial charge in [0.25, 0.3) is 5.91 Å². The molecule has 0 radical (unpaired) electrons. The number of carbonyl (C=O) groups is 3. The van der Waals surface area contributed by atoms with Crippen molar-refractivity contribution >= 4 is 46.5 Å². The molecule has 9 nitrogen and oxygen atoms in total. The summed E-state index contributed by atoms with van der Waals surface area (Å²) in [5.74, 6) is -0.763. The fraction of sp³-hybridized carbons (Fsp3) is 0.375. The van der Waals surface area contributed by atoms with Crippen LogP contribution in [-0.4, -0.2) is 74.0 Å². The van der Waals surface area contributed by atoms with Crippen LogP contribution in [0.4, 0.5) is 35.0 Å². The van der Waals surface area contributed by atoms with E-state index in [2.05, 4.69) is 10.6 Å². The Morgan fingerprint density at radius 2 is 1.70 bits per heavy atom. The SMILES string of the molecule is O=C(Nc1ccc(N2CCOCC2=O)cc1)[C@H]1C[C@@H](OCC(F)(F)F)CN1C(=O)Nc1ccc(Cl)cc1. The van der Waals surface area contributed by atoms with E-state index in [1.54, 1.807) is 53.4 Å². The van der Waals surface area contributed by atoms with Gasteiger partial charge in [-0.25, -0.2) is 4.79 Å². The number of morpholine rings is 1. The van der Waals surface area contributed by atoms with Crippen molar-refractivity contribution < 1.29 is 37.0 Å². The molecule has 2 atom stereocenters. The maximum atomic E-state index is 13.1. The van der Waals surface area contributed by atoms with Gasteiger partial charge < -0.3 is 29.9 Å². The predicted molar refractivity (Wildman–Crippen MR) is 130 cm³/mol. The van der Waals surface area contributed by atoms with Gasteiger partial charge in [0.1, 0.15) is 19.3 Å². The highest BCUT2D eigenvalue weighted by molar-refractivity contribution is 6.30. The second-order valence-corrected chi connectivity index (χ2v) is 8.96. The Kier molecular flexibility index (Phi) is 8.20. The van der Waals surface area contributed by atoms with E-state index in [9.17, 15) is 27.6 Å². The van der Waals surface area contributed by atoms with Crippen molar-refractivity contribution in [2.45, 2.75) is 24.7 Å². The summed E-state index contributed by atoms with van der Waals surface area (Å²) in [6, 6.07) is 11.0. The molecule has 2 aromatic carbocycles. The number of likely N-dealkylation sites (tertiary alicyclic amines) is 1. The summed E-state index contributed by atoms with van der Waals surface area (Å²) in [6.07, 6.45) is -5.64. The fourth-order valence-electron chi connectivity index (χ4n) is 4.07. The number of alkyl halides is 3. The summed E-state index contributed by atoms with van der Waals surface area (Å²) in [5, 5.41) is 5.77. The Bertz CT molecular complexity index is 1130. The lowest BCUT2D eigenvalue weighted by Gasteiger charge is -2.27. The number of hydrogen-bond donors (Lipinski definition) is 2. The van der Waals surface area contributed by atoms with Crippen LogP contribution >= 0.6 is 11.6 Å². The van der Waals surface area contributed by atoms with E-state index in [0.717, 1.165) is 4.90 Å². The van der Waals surface area contributed by atoms with E-state index >= 15 is 0 Å². The standard InChI is InChI=1S/C24H24ClF3N4O5/c25-15-1-3-17(4-2-15)30-23(35)32-12-19(37-14-24(26,27)28)11-20(32)22(34)29-16-5-7-18(8-6-16)31-9-10-36-13-21(31)33/h1-8,19-20H,9-14H2,(H,29,34)(H,30,35)/t19-,20-/m1/s1. The Balaban J connectivity index is 1.44. The van der Waals surface area contributed by atoms with E-state index in [1.807, 2.05) is 0 Å². The topological polar surface area (TPSA) is 100 Å². The summed E-state index contributed by atoms with van der Waals surface area (Å²) in [6.45, 7) is -0.876. The van der Waals surface area contributed by atoms with Gasteiger partial charge in [0, 0.05) is 41.6 Å². The molecule has 4 rings (SSSR count). The highest BCUT2D eigenvalue weighted by Crippen LogP contribution is 2.27. The molecule has 2 fully saturated rings. The lowest BCUT2D eigenvalue weighted by atomic mass is 10.1. The van der Waals surface area contributed by atoms with Gasteiger partial charge in [-0.1, -0.05) is 11.6 Å². The van der Waals surface area contributed by atoms with Crippen LogP contribution in [0.3, 0.4) is 0 Å². The van der Waals surface area contributed by atoms with Gasteiger partial charge in [-0.3, -0.25) is 9.59 Å². The summed E-state index contributed by atoms with van der Waals surface area (Å²) in [7, 11) is 0. The van der Waals surface area contributed by atoms with Crippen molar-refractivity contribution in [2.24, 2.45) is 0 Å². The van der Waals surface area contributed by atoms with Gasteiger partial charge >= 0.3 is 12.2 Å². The zero-order chi connectivity index (χ0) is 26.6. The van der Waals surface area contributed by atoms with Gasteiger partial charge in [-0.15, -0.1) is 0 Å². The third kappa shape index (κ3) is 7.12. The molecule has 0 unspecified atom stereocenters. The summed E-state index contributed by atoms with van der Waals surface area (Å²) < 4.78 is 48.1. The van der Waals surface area contributed by atoms with Crippen LogP contribution in [0.2, 0.25) is 5.02 Å². The molecule has 2 aromatic rings. The third-order valence-corrected chi connectivity index (χ3v) is 6.09. The average molecular weight is 541 g/mol. The number of hydrogen-bond acceptors (Lipinski definition) is 5. The van der Waals surface area contributed by atoms with Crippen LogP contribution in [0, 0.1) is 0 Å². The number of halogens is 4. The van der Waals surface area contributed by atoms with E-state index in [0.29, 0.717) is 35.2 Å². The molecule has 37 heavy (non-hydrogen) atoms. The van der Waals surface area contributed by atoms with Gasteiger partial charge in [-0.2, -0.15) is 13.2 Å². The molecule has 0 bridgehead atoms. The van der Waals surface area contributed by atoms with Crippen LogP contribution in [0.15, 0.2) is 48.5 Å². The number of carbonyl (C=O) groups excluding carboxylic acids is 3. The highest BCUT2D eigenvalue weighted by atomic mass is 35.5. The Labute approximate surface area is 215 Å². The van der Waals surface area contributed by atoms with Gasteiger partial charge in [0.2, 0.25) is 5.91 Å². The van der Waals surface area contributed by atoms with Crippen LogP contribution in [0.25, 0.3) is 0 Å². The first kappa shape index (κ1) is 26.7. The maximum Gasteiger partial charge on any atom is 0.411 e. The maximum absolute atomic E-state index is 13.1. The fourth-order valence-corrected chi connectivity index (χ4v) is 4.20. The smallest absolute Gasteiger partial charge is 0.370 e. The lowest BCUT2D eigenvalue weighted by Crippen LogP contribution is -2.45.